The molecule has 2 atom stereocenters. The van der Waals surface area contributed by atoms with Crippen LogP contribution in [0.1, 0.15) is 26.7 Å². The molecular weight excluding hydrogens is 562 g/mol. The molecule has 2 unspecified atom stereocenters. The Morgan fingerprint density at radius 2 is 1.12 bits per heavy atom. The second-order valence-electron chi connectivity index (χ2n) is 7.16. The summed E-state index contributed by atoms with van der Waals surface area (Å²) in [7, 11) is 0. The molecule has 0 bridgehead atoms. The Kier molecular flexibility index (Phi) is 40.8. The highest BCUT2D eigenvalue weighted by Crippen LogP contribution is 2.02. The van der Waals surface area contributed by atoms with Crippen LogP contribution in [0.3, 0.4) is 0 Å². The SMILES string of the molecule is CC(N)=NCCSCC(N)CNCCC(=O)CCNCC(N)CSCCN=C(C)N.Cl.Cl.Cl.Cl. The van der Waals surface area contributed by atoms with Gasteiger partial charge in [-0.1, -0.05) is 0 Å². The fourth-order valence-electron chi connectivity index (χ4n) is 2.32. The molecule has 9 nitrogen and oxygen atoms in total. The third kappa shape index (κ3) is 34.5. The van der Waals surface area contributed by atoms with Crippen LogP contribution in [0.2, 0.25) is 0 Å². The first kappa shape index (κ1) is 44.3. The highest BCUT2D eigenvalue weighted by molar-refractivity contribution is 7.99. The largest absolute Gasteiger partial charge is 0.388 e. The van der Waals surface area contributed by atoms with Gasteiger partial charge in [0.25, 0.3) is 0 Å². The van der Waals surface area contributed by atoms with Gasteiger partial charge in [-0.25, -0.2) is 0 Å². The van der Waals surface area contributed by atoms with Crippen LogP contribution < -0.4 is 33.6 Å². The second-order valence-corrected chi connectivity index (χ2v) is 9.46. The molecule has 0 saturated carbocycles. The maximum Gasteiger partial charge on any atom is 0.135 e. The van der Waals surface area contributed by atoms with E-state index in [9.17, 15) is 4.79 Å². The Bertz CT molecular complexity index is 473. The fraction of sp³-hybridized carbons (Fsp3) is 0.842. The van der Waals surface area contributed by atoms with Gasteiger partial charge in [-0.3, -0.25) is 14.8 Å². The fourth-order valence-corrected chi connectivity index (χ4v) is 3.93. The van der Waals surface area contributed by atoms with Gasteiger partial charge in [0.15, 0.2) is 0 Å². The molecule has 0 fully saturated rings. The molecule has 0 aliphatic rings. The van der Waals surface area contributed by atoms with E-state index < -0.39 is 0 Å². The summed E-state index contributed by atoms with van der Waals surface area (Å²) in [6.45, 7) is 7.77. The van der Waals surface area contributed by atoms with Crippen molar-refractivity contribution in [2.75, 3.05) is 62.3 Å². The Labute approximate surface area is 239 Å². The zero-order valence-electron chi connectivity index (χ0n) is 20.2. The zero-order chi connectivity index (χ0) is 22.6. The van der Waals surface area contributed by atoms with E-state index in [4.69, 9.17) is 22.9 Å². The molecule has 0 spiro atoms. The lowest BCUT2D eigenvalue weighted by molar-refractivity contribution is -0.118. The summed E-state index contributed by atoms with van der Waals surface area (Å²) in [6.07, 6.45) is 1.05. The van der Waals surface area contributed by atoms with E-state index in [-0.39, 0.29) is 67.5 Å². The number of nitrogens with one attached hydrogen (secondary N) is 2. The minimum absolute atomic E-state index is 0. The Morgan fingerprint density at radius 3 is 1.44 bits per heavy atom. The van der Waals surface area contributed by atoms with Crippen LogP contribution in [0.15, 0.2) is 9.98 Å². The number of nitrogens with two attached hydrogens (primary N) is 4. The van der Waals surface area contributed by atoms with Crippen molar-refractivity contribution in [1.82, 2.24) is 10.6 Å². The normalized spacial score (nSPS) is 12.9. The molecule has 0 aromatic carbocycles. The third-order valence-corrected chi connectivity index (χ3v) is 6.10. The lowest BCUT2D eigenvalue weighted by Crippen LogP contribution is -2.37. The van der Waals surface area contributed by atoms with Crippen molar-refractivity contribution in [1.29, 1.82) is 0 Å². The van der Waals surface area contributed by atoms with Crippen LogP contribution in [0.25, 0.3) is 0 Å². The van der Waals surface area contributed by atoms with Crippen LogP contribution in [0.5, 0.6) is 0 Å². The quantitative estimate of drug-likeness (QED) is 0.0673. The number of amidine groups is 2. The van der Waals surface area contributed by atoms with Gasteiger partial charge in [-0.2, -0.15) is 23.5 Å². The zero-order valence-corrected chi connectivity index (χ0v) is 25.1. The first-order valence-electron chi connectivity index (χ1n) is 10.4. The van der Waals surface area contributed by atoms with Gasteiger partial charge in [-0.05, 0) is 13.8 Å². The summed E-state index contributed by atoms with van der Waals surface area (Å²) in [5.74, 6) is 5.03. The number of halogens is 4. The molecule has 0 amide bonds. The van der Waals surface area contributed by atoms with E-state index in [0.29, 0.717) is 50.7 Å². The van der Waals surface area contributed by atoms with E-state index in [0.717, 1.165) is 36.1 Å². The van der Waals surface area contributed by atoms with Crippen molar-refractivity contribution < 1.29 is 4.79 Å². The summed E-state index contributed by atoms with van der Waals surface area (Å²) >= 11 is 3.53. The van der Waals surface area contributed by atoms with Crippen LogP contribution in [-0.2, 0) is 4.79 Å². The highest BCUT2D eigenvalue weighted by atomic mass is 35.5. The summed E-state index contributed by atoms with van der Waals surface area (Å²) in [4.78, 5) is 20.2. The maximum absolute atomic E-state index is 11.9. The summed E-state index contributed by atoms with van der Waals surface area (Å²) in [5.41, 5.74) is 23.1. The van der Waals surface area contributed by atoms with Gasteiger partial charge in [-0.15, -0.1) is 49.6 Å². The van der Waals surface area contributed by atoms with Crippen molar-refractivity contribution in [3.05, 3.63) is 0 Å². The lowest BCUT2D eigenvalue weighted by atomic mass is 10.2. The van der Waals surface area contributed by atoms with Gasteiger partial charge in [0.05, 0.1) is 11.7 Å². The third-order valence-electron chi connectivity index (χ3n) is 3.83. The first-order chi connectivity index (χ1) is 14.3. The van der Waals surface area contributed by atoms with Crippen molar-refractivity contribution in [2.24, 2.45) is 32.9 Å². The van der Waals surface area contributed by atoms with E-state index in [1.807, 2.05) is 0 Å². The predicted molar refractivity (Wildman–Crippen MR) is 164 cm³/mol. The Hall–Kier alpha value is 0.310. The number of hydrogen-bond acceptors (Lipinski definition) is 9. The number of carbonyl (C=O) groups excluding carboxylic acids is 1. The molecule has 0 aliphatic heterocycles. The maximum atomic E-state index is 11.9. The molecule has 0 saturated heterocycles. The number of carbonyl (C=O) groups is 1. The minimum atomic E-state index is 0. The average Bonchev–Trinajstić information content (AvgIpc) is 2.67. The Morgan fingerprint density at radius 1 is 0.765 bits per heavy atom. The molecule has 0 rings (SSSR count). The van der Waals surface area contributed by atoms with E-state index in [2.05, 4.69) is 20.6 Å². The summed E-state index contributed by atoms with van der Waals surface area (Å²) in [6, 6.07) is 0.139. The molecular formula is C19H46Cl4N8OS2. The highest BCUT2D eigenvalue weighted by Gasteiger charge is 2.06. The summed E-state index contributed by atoms with van der Waals surface area (Å²) < 4.78 is 0. The molecule has 0 heterocycles. The van der Waals surface area contributed by atoms with Gasteiger partial charge in [0.2, 0.25) is 0 Å². The van der Waals surface area contributed by atoms with Gasteiger partial charge < -0.3 is 33.6 Å². The van der Waals surface area contributed by atoms with Gasteiger partial charge >= 0.3 is 0 Å². The molecule has 34 heavy (non-hydrogen) atoms. The predicted octanol–water partition coefficient (Wildman–Crippen LogP) is 1.08. The molecule has 10 N–H and O–H groups in total. The number of thioether (sulfide) groups is 2. The number of aliphatic imine (C=N–C) groups is 2. The summed E-state index contributed by atoms with van der Waals surface area (Å²) in [5, 5.41) is 6.51. The molecule has 0 aromatic heterocycles. The second kappa shape index (κ2) is 31.3. The smallest absolute Gasteiger partial charge is 0.135 e. The van der Waals surface area contributed by atoms with E-state index in [1.165, 1.54) is 0 Å². The van der Waals surface area contributed by atoms with Crippen LogP contribution >= 0.6 is 73.2 Å². The standard InChI is InChI=1S/C19H42N8OS2.4ClH/c1-15(20)26-7-9-29-13-17(22)11-24-5-3-19(28)4-6-25-12-18(23)14-30-10-8-27-16(2)21;;;;/h17-18,24-25H,3-14,22-23H2,1-2H3,(H2,20,26)(H2,21,27);4*1H. The van der Waals surface area contributed by atoms with Crippen molar-refractivity contribution in [3.63, 3.8) is 0 Å². The van der Waals surface area contributed by atoms with E-state index in [1.54, 1.807) is 37.4 Å². The molecule has 208 valence electrons. The topological polar surface area (TPSA) is 170 Å². The number of rotatable bonds is 20. The number of ketones is 1. The average molecular weight is 609 g/mol. The van der Waals surface area contributed by atoms with Crippen molar-refractivity contribution in [2.45, 2.75) is 38.8 Å². The van der Waals surface area contributed by atoms with Crippen LogP contribution in [-0.4, -0.2) is 91.8 Å². The monoisotopic (exact) mass is 606 g/mol. The van der Waals surface area contributed by atoms with Crippen LogP contribution in [0, 0.1) is 0 Å². The minimum Gasteiger partial charge on any atom is -0.388 e. The van der Waals surface area contributed by atoms with Crippen LogP contribution in [0.4, 0.5) is 0 Å². The van der Waals surface area contributed by atoms with Gasteiger partial charge in [0, 0.05) is 87.2 Å². The molecule has 0 radical (unpaired) electrons. The molecule has 0 aromatic rings. The van der Waals surface area contributed by atoms with E-state index >= 15 is 0 Å². The lowest BCUT2D eigenvalue weighted by Gasteiger charge is -2.13. The van der Waals surface area contributed by atoms with Crippen molar-refractivity contribution in [3.8, 4) is 0 Å². The molecule has 15 heteroatoms. The molecule has 0 aliphatic carbocycles. The Balaban J connectivity index is -0.000000701. The number of Topliss-reactive ketones (excluding diaryl/α,β-unsaturated/α-hetero) is 1. The number of nitrogens with zero attached hydrogens (tertiary/aromatic N) is 2. The first-order valence-corrected chi connectivity index (χ1v) is 12.7. The number of hydrogen-bond donors (Lipinski definition) is 6. The van der Waals surface area contributed by atoms with Gasteiger partial charge in [0.1, 0.15) is 5.78 Å². The van der Waals surface area contributed by atoms with Crippen molar-refractivity contribution >= 4 is 90.6 Å².